The second kappa shape index (κ2) is 5.36. The van der Waals surface area contributed by atoms with E-state index in [9.17, 15) is 0 Å². The first-order chi connectivity index (χ1) is 9.74. The largest absolute Gasteiger partial charge is 0.370 e. The van der Waals surface area contributed by atoms with Gasteiger partial charge in [-0.05, 0) is 25.5 Å². The van der Waals surface area contributed by atoms with Crippen molar-refractivity contribution in [2.75, 3.05) is 13.1 Å². The van der Waals surface area contributed by atoms with E-state index in [1.165, 1.54) is 6.42 Å². The second-order valence-electron chi connectivity index (χ2n) is 5.03. The highest BCUT2D eigenvalue weighted by molar-refractivity contribution is 5.78. The quantitative estimate of drug-likeness (QED) is 0.681. The van der Waals surface area contributed by atoms with Gasteiger partial charge < -0.3 is 10.6 Å². The summed E-state index contributed by atoms with van der Waals surface area (Å²) in [6.45, 7) is 4.64. The van der Waals surface area contributed by atoms with Gasteiger partial charge in [-0.1, -0.05) is 18.2 Å². The summed E-state index contributed by atoms with van der Waals surface area (Å²) in [5.41, 5.74) is 9.10. The predicted octanol–water partition coefficient (Wildman–Crippen LogP) is 1.70. The Morgan fingerprint density at radius 3 is 2.70 bits per heavy atom. The smallest absolute Gasteiger partial charge is 0.191 e. The summed E-state index contributed by atoms with van der Waals surface area (Å²) in [4.78, 5) is 6.55. The molecule has 1 aromatic carbocycles. The molecule has 5 nitrogen and oxygen atoms in total. The van der Waals surface area contributed by atoms with Crippen molar-refractivity contribution in [2.24, 2.45) is 10.7 Å². The topological polar surface area (TPSA) is 59.4 Å². The standard InChI is InChI=1S/C15H19N5/c1-12-13(10-17-15(16)19-8-5-9-19)11-20(18-12)14-6-3-2-4-7-14/h2-4,6-7,11H,5,8-10H2,1H3,(H2,16,17). The minimum atomic E-state index is 0.584. The van der Waals surface area contributed by atoms with Gasteiger partial charge in [-0.15, -0.1) is 0 Å². The molecule has 1 aromatic heterocycles. The predicted molar refractivity (Wildman–Crippen MR) is 79.8 cm³/mol. The van der Waals surface area contributed by atoms with Crippen LogP contribution in [0.4, 0.5) is 0 Å². The van der Waals surface area contributed by atoms with Crippen molar-refractivity contribution in [3.63, 3.8) is 0 Å². The number of likely N-dealkylation sites (tertiary alicyclic amines) is 1. The van der Waals surface area contributed by atoms with E-state index in [-0.39, 0.29) is 0 Å². The van der Waals surface area contributed by atoms with Gasteiger partial charge in [-0.25, -0.2) is 9.67 Å². The van der Waals surface area contributed by atoms with Gasteiger partial charge in [0.25, 0.3) is 0 Å². The molecule has 104 valence electrons. The normalized spacial score (nSPS) is 15.2. The summed E-state index contributed by atoms with van der Waals surface area (Å²) in [5, 5.41) is 4.53. The number of nitrogens with zero attached hydrogens (tertiary/aromatic N) is 4. The Bertz CT molecular complexity index is 610. The first-order valence-corrected chi connectivity index (χ1v) is 6.89. The Morgan fingerprint density at radius 2 is 2.05 bits per heavy atom. The molecule has 5 heteroatoms. The van der Waals surface area contributed by atoms with E-state index < -0.39 is 0 Å². The molecule has 0 atom stereocenters. The minimum Gasteiger partial charge on any atom is -0.370 e. The van der Waals surface area contributed by atoms with Crippen LogP contribution in [-0.4, -0.2) is 33.7 Å². The van der Waals surface area contributed by atoms with E-state index >= 15 is 0 Å². The highest BCUT2D eigenvalue weighted by atomic mass is 15.3. The molecule has 0 radical (unpaired) electrons. The number of aliphatic imine (C=N–C) groups is 1. The van der Waals surface area contributed by atoms with Gasteiger partial charge in [0.2, 0.25) is 0 Å². The summed E-state index contributed by atoms with van der Waals surface area (Å²) < 4.78 is 1.89. The van der Waals surface area contributed by atoms with E-state index in [0.29, 0.717) is 12.5 Å². The molecule has 0 spiro atoms. The molecule has 1 aliphatic heterocycles. The van der Waals surface area contributed by atoms with Gasteiger partial charge in [0.05, 0.1) is 17.9 Å². The second-order valence-corrected chi connectivity index (χ2v) is 5.03. The molecule has 2 heterocycles. The van der Waals surface area contributed by atoms with E-state index in [4.69, 9.17) is 5.73 Å². The lowest BCUT2D eigenvalue weighted by molar-refractivity contribution is 0.295. The first kappa shape index (κ1) is 12.7. The number of benzene rings is 1. The Labute approximate surface area is 118 Å². The molecule has 0 aliphatic carbocycles. The van der Waals surface area contributed by atoms with Crippen LogP contribution in [0.2, 0.25) is 0 Å². The fourth-order valence-corrected chi connectivity index (χ4v) is 2.18. The first-order valence-electron chi connectivity index (χ1n) is 6.89. The van der Waals surface area contributed by atoms with Crippen LogP contribution in [0.3, 0.4) is 0 Å². The highest BCUT2D eigenvalue weighted by Gasteiger charge is 2.15. The number of guanidine groups is 1. The van der Waals surface area contributed by atoms with E-state index in [2.05, 4.69) is 15.0 Å². The molecule has 1 saturated heterocycles. The maximum Gasteiger partial charge on any atom is 0.191 e. The number of para-hydroxylation sites is 1. The number of rotatable bonds is 3. The molecule has 0 bridgehead atoms. The molecule has 1 fully saturated rings. The Morgan fingerprint density at radius 1 is 1.30 bits per heavy atom. The summed E-state index contributed by atoms with van der Waals surface area (Å²) >= 11 is 0. The third-order valence-corrected chi connectivity index (χ3v) is 3.61. The molecule has 0 amide bonds. The van der Waals surface area contributed by atoms with E-state index in [1.807, 2.05) is 48.1 Å². The van der Waals surface area contributed by atoms with Gasteiger partial charge >= 0.3 is 0 Å². The van der Waals surface area contributed by atoms with Crippen molar-refractivity contribution in [3.8, 4) is 5.69 Å². The zero-order chi connectivity index (χ0) is 13.9. The SMILES string of the molecule is Cc1nn(-c2ccccc2)cc1CN=C(N)N1CCC1. The average Bonchev–Trinajstić information content (AvgIpc) is 2.77. The third kappa shape index (κ3) is 2.52. The van der Waals surface area contributed by atoms with Crippen LogP contribution in [0.5, 0.6) is 0 Å². The zero-order valence-corrected chi connectivity index (χ0v) is 11.7. The van der Waals surface area contributed by atoms with E-state index in [0.717, 1.165) is 30.0 Å². The van der Waals surface area contributed by atoms with Crippen molar-refractivity contribution in [3.05, 3.63) is 47.8 Å². The molecule has 1 aliphatic rings. The maximum atomic E-state index is 5.94. The van der Waals surface area contributed by atoms with Gasteiger partial charge in [-0.3, -0.25) is 0 Å². The Hall–Kier alpha value is -2.30. The molecular weight excluding hydrogens is 250 g/mol. The van der Waals surface area contributed by atoms with Crippen LogP contribution in [-0.2, 0) is 6.54 Å². The van der Waals surface area contributed by atoms with Crippen LogP contribution in [0.15, 0.2) is 41.5 Å². The van der Waals surface area contributed by atoms with Crippen molar-refractivity contribution in [2.45, 2.75) is 19.9 Å². The summed E-state index contributed by atoms with van der Waals surface area (Å²) in [7, 11) is 0. The molecule has 2 aromatic rings. The molecule has 2 N–H and O–H groups in total. The summed E-state index contributed by atoms with van der Waals surface area (Å²) in [6, 6.07) is 10.1. The maximum absolute atomic E-state index is 5.94. The summed E-state index contributed by atoms with van der Waals surface area (Å²) in [5.74, 6) is 0.642. The van der Waals surface area contributed by atoms with Crippen LogP contribution in [0.25, 0.3) is 5.69 Å². The number of hydrogen-bond acceptors (Lipinski definition) is 2. The number of aromatic nitrogens is 2. The number of aryl methyl sites for hydroxylation is 1. The lowest BCUT2D eigenvalue weighted by Gasteiger charge is -2.31. The third-order valence-electron chi connectivity index (χ3n) is 3.61. The minimum absolute atomic E-state index is 0.584. The van der Waals surface area contributed by atoms with Crippen molar-refractivity contribution < 1.29 is 0 Å². The van der Waals surface area contributed by atoms with Gasteiger partial charge in [0.1, 0.15) is 0 Å². The van der Waals surface area contributed by atoms with Crippen LogP contribution < -0.4 is 5.73 Å². The zero-order valence-electron chi connectivity index (χ0n) is 11.7. The highest BCUT2D eigenvalue weighted by Crippen LogP contribution is 2.13. The fraction of sp³-hybridized carbons (Fsp3) is 0.333. The lowest BCUT2D eigenvalue weighted by Crippen LogP contribution is -2.46. The lowest BCUT2D eigenvalue weighted by atomic mass is 10.2. The number of hydrogen-bond donors (Lipinski definition) is 1. The Kier molecular flexibility index (Phi) is 3.41. The summed E-state index contributed by atoms with van der Waals surface area (Å²) in [6.07, 6.45) is 3.23. The fourth-order valence-electron chi connectivity index (χ4n) is 2.18. The average molecular weight is 269 g/mol. The molecule has 3 rings (SSSR count). The monoisotopic (exact) mass is 269 g/mol. The van der Waals surface area contributed by atoms with Crippen LogP contribution in [0.1, 0.15) is 17.7 Å². The van der Waals surface area contributed by atoms with Gasteiger partial charge in [0, 0.05) is 24.8 Å². The molecule has 0 unspecified atom stereocenters. The van der Waals surface area contributed by atoms with Crippen LogP contribution >= 0.6 is 0 Å². The number of nitrogens with two attached hydrogens (primary N) is 1. The van der Waals surface area contributed by atoms with E-state index in [1.54, 1.807) is 0 Å². The molecular formula is C15H19N5. The molecule has 0 saturated carbocycles. The van der Waals surface area contributed by atoms with Crippen molar-refractivity contribution in [1.29, 1.82) is 0 Å². The van der Waals surface area contributed by atoms with Crippen molar-refractivity contribution in [1.82, 2.24) is 14.7 Å². The van der Waals surface area contributed by atoms with Gasteiger partial charge in [0.15, 0.2) is 5.96 Å². The molecule has 20 heavy (non-hydrogen) atoms. The Balaban J connectivity index is 1.76. The van der Waals surface area contributed by atoms with Crippen LogP contribution in [0, 0.1) is 6.92 Å². The van der Waals surface area contributed by atoms with Crippen molar-refractivity contribution >= 4 is 5.96 Å². The van der Waals surface area contributed by atoms with Gasteiger partial charge in [-0.2, -0.15) is 5.10 Å².